The predicted molar refractivity (Wildman–Crippen MR) is 40.9 cm³/mol. The average Bonchev–Trinajstić information content (AvgIpc) is 1.65. The van der Waals surface area contributed by atoms with Crippen LogP contribution in [0.2, 0.25) is 0 Å². The first-order chi connectivity index (χ1) is 3.18. The van der Waals surface area contributed by atoms with E-state index in [0.717, 1.165) is 3.39 Å². The van der Waals surface area contributed by atoms with Gasteiger partial charge in [0.25, 0.3) is 0 Å². The Kier molecular flexibility index (Phi) is 4.72. The maximum absolute atomic E-state index is 8.34. The van der Waals surface area contributed by atoms with E-state index in [2.05, 4.69) is 47.8 Å². The second-order valence-electron chi connectivity index (χ2n) is 0.823. The fourth-order valence-electron chi connectivity index (χ4n) is 0.0598. The maximum Gasteiger partial charge on any atom is 0.0763 e. The van der Waals surface area contributed by atoms with Crippen LogP contribution < -0.4 is 0 Å². The van der Waals surface area contributed by atoms with E-state index in [0.29, 0.717) is 4.48 Å². The molecule has 0 aliphatic heterocycles. The summed E-state index contributed by atoms with van der Waals surface area (Å²) in [6.07, 6.45) is 0. The van der Waals surface area contributed by atoms with Crippen LogP contribution in [0.4, 0.5) is 0 Å². The van der Waals surface area contributed by atoms with Crippen LogP contribution in [-0.2, 0) is 0 Å². The van der Waals surface area contributed by atoms with Crippen LogP contribution in [0.3, 0.4) is 0 Å². The monoisotopic (exact) mass is 292 g/mol. The molecule has 4 heteroatoms. The van der Waals surface area contributed by atoms with Crippen LogP contribution in [0.25, 0.3) is 0 Å². The van der Waals surface area contributed by atoms with Gasteiger partial charge in [0.2, 0.25) is 0 Å². The fourth-order valence-corrected chi connectivity index (χ4v) is 0.311. The van der Waals surface area contributed by atoms with Gasteiger partial charge in [-0.25, -0.2) is 0 Å². The van der Waals surface area contributed by atoms with Crippen molar-refractivity contribution in [3.8, 4) is 0 Å². The summed E-state index contributed by atoms with van der Waals surface area (Å²) >= 11 is 9.26. The summed E-state index contributed by atoms with van der Waals surface area (Å²) in [5.41, 5.74) is 0. The highest BCUT2D eigenvalue weighted by atomic mass is 79.9. The molecule has 0 saturated carbocycles. The lowest BCUT2D eigenvalue weighted by atomic mass is 10.7. The maximum atomic E-state index is 8.34. The molecule has 42 valence electrons. The Balaban J connectivity index is 3.72. The third kappa shape index (κ3) is 3.70. The van der Waals surface area contributed by atoms with Crippen molar-refractivity contribution in [1.29, 1.82) is 0 Å². The lowest BCUT2D eigenvalue weighted by Gasteiger charge is -1.87. The highest BCUT2D eigenvalue weighted by Gasteiger charge is 1.90. The summed E-state index contributed by atoms with van der Waals surface area (Å²) in [6.45, 7) is 0.0197. The summed E-state index contributed by atoms with van der Waals surface area (Å²) in [4.78, 5) is 0. The molecule has 0 fully saturated rings. The first-order valence-electron chi connectivity index (χ1n) is 1.49. The Morgan fingerprint density at radius 3 is 1.71 bits per heavy atom. The van der Waals surface area contributed by atoms with E-state index < -0.39 is 0 Å². The molecule has 0 amide bonds. The fraction of sp³-hybridized carbons (Fsp3) is 0.333. The van der Waals surface area contributed by atoms with Crippen molar-refractivity contribution in [3.63, 3.8) is 0 Å². The van der Waals surface area contributed by atoms with Gasteiger partial charge in [0, 0.05) is 4.48 Å². The molecule has 0 heterocycles. The summed E-state index contributed by atoms with van der Waals surface area (Å²) in [5.74, 6) is 0. The van der Waals surface area contributed by atoms with Gasteiger partial charge in [-0.3, -0.25) is 0 Å². The van der Waals surface area contributed by atoms with Gasteiger partial charge < -0.3 is 5.11 Å². The van der Waals surface area contributed by atoms with Gasteiger partial charge in [0.1, 0.15) is 0 Å². The number of hydrogen-bond donors (Lipinski definition) is 1. The van der Waals surface area contributed by atoms with Crippen molar-refractivity contribution in [1.82, 2.24) is 0 Å². The van der Waals surface area contributed by atoms with Crippen molar-refractivity contribution in [2.45, 2.75) is 0 Å². The van der Waals surface area contributed by atoms with Crippen molar-refractivity contribution in [2.75, 3.05) is 6.61 Å². The standard InChI is InChI=1S/C3H3Br3O/c4-2(1-7)3(5)6/h7H,1H2. The van der Waals surface area contributed by atoms with Gasteiger partial charge in [-0.1, -0.05) is 15.9 Å². The van der Waals surface area contributed by atoms with E-state index >= 15 is 0 Å². The summed E-state index contributed by atoms with van der Waals surface area (Å²) in [5, 5.41) is 8.34. The molecular weight excluding hydrogens is 292 g/mol. The van der Waals surface area contributed by atoms with E-state index in [4.69, 9.17) is 5.11 Å². The SMILES string of the molecule is OCC(Br)=C(Br)Br. The Morgan fingerprint density at radius 1 is 1.29 bits per heavy atom. The number of rotatable bonds is 1. The molecule has 0 aromatic rings. The molecule has 0 spiro atoms. The molecule has 0 radical (unpaired) electrons. The topological polar surface area (TPSA) is 20.2 Å². The molecule has 0 aromatic carbocycles. The Morgan fingerprint density at radius 2 is 1.71 bits per heavy atom. The second-order valence-corrected chi connectivity index (χ2v) is 4.43. The zero-order chi connectivity index (χ0) is 5.86. The number of hydrogen-bond acceptors (Lipinski definition) is 1. The molecule has 0 bridgehead atoms. The third-order valence-corrected chi connectivity index (χ3v) is 3.01. The minimum absolute atomic E-state index is 0.0197. The minimum Gasteiger partial charge on any atom is -0.391 e. The largest absolute Gasteiger partial charge is 0.391 e. The highest BCUT2D eigenvalue weighted by Crippen LogP contribution is 2.22. The van der Waals surface area contributed by atoms with Crippen molar-refractivity contribution in [3.05, 3.63) is 7.87 Å². The lowest BCUT2D eigenvalue weighted by molar-refractivity contribution is 0.340. The van der Waals surface area contributed by atoms with E-state index in [1.807, 2.05) is 0 Å². The number of aliphatic hydroxyl groups excluding tert-OH is 1. The van der Waals surface area contributed by atoms with E-state index in [9.17, 15) is 0 Å². The molecule has 1 nitrogen and oxygen atoms in total. The number of halogens is 3. The predicted octanol–water partition coefficient (Wildman–Crippen LogP) is 2.33. The molecular formula is C3H3Br3O. The normalized spacial score (nSPS) is 8.57. The van der Waals surface area contributed by atoms with Crippen molar-refractivity contribution in [2.24, 2.45) is 0 Å². The third-order valence-electron chi connectivity index (χ3n) is 0.344. The molecule has 0 aliphatic carbocycles. The van der Waals surface area contributed by atoms with E-state index in [-0.39, 0.29) is 6.61 Å². The zero-order valence-electron chi connectivity index (χ0n) is 3.29. The van der Waals surface area contributed by atoms with Gasteiger partial charge in [0.05, 0.1) is 10.00 Å². The summed E-state index contributed by atoms with van der Waals surface area (Å²) in [7, 11) is 0. The zero-order valence-corrected chi connectivity index (χ0v) is 8.05. The quantitative estimate of drug-likeness (QED) is 0.787. The van der Waals surface area contributed by atoms with Crippen LogP contribution in [0.15, 0.2) is 7.87 Å². The van der Waals surface area contributed by atoms with Crippen LogP contribution in [0.5, 0.6) is 0 Å². The van der Waals surface area contributed by atoms with Crippen LogP contribution in [-0.4, -0.2) is 11.7 Å². The van der Waals surface area contributed by atoms with Crippen LogP contribution in [0, 0.1) is 0 Å². The number of aliphatic hydroxyl groups is 1. The summed E-state index contributed by atoms with van der Waals surface area (Å²) < 4.78 is 1.47. The molecule has 0 rings (SSSR count). The van der Waals surface area contributed by atoms with E-state index in [1.54, 1.807) is 0 Å². The van der Waals surface area contributed by atoms with Gasteiger partial charge in [-0.05, 0) is 31.9 Å². The summed E-state index contributed by atoms with van der Waals surface area (Å²) in [6, 6.07) is 0. The Bertz CT molecular complexity index is 84.2. The van der Waals surface area contributed by atoms with Crippen LogP contribution in [0.1, 0.15) is 0 Å². The molecule has 0 aromatic heterocycles. The Hall–Kier alpha value is 1.14. The highest BCUT2D eigenvalue weighted by molar-refractivity contribution is 9.29. The van der Waals surface area contributed by atoms with Gasteiger partial charge in [-0.15, -0.1) is 0 Å². The van der Waals surface area contributed by atoms with Crippen molar-refractivity contribution < 1.29 is 5.11 Å². The average molecular weight is 295 g/mol. The molecule has 0 aliphatic rings. The second kappa shape index (κ2) is 4.06. The first-order valence-corrected chi connectivity index (χ1v) is 3.87. The lowest BCUT2D eigenvalue weighted by Crippen LogP contribution is -1.77. The molecule has 1 N–H and O–H groups in total. The van der Waals surface area contributed by atoms with E-state index in [1.165, 1.54) is 0 Å². The minimum atomic E-state index is 0.0197. The molecule has 0 unspecified atom stereocenters. The van der Waals surface area contributed by atoms with Gasteiger partial charge in [0.15, 0.2) is 0 Å². The van der Waals surface area contributed by atoms with Crippen LogP contribution >= 0.6 is 47.8 Å². The molecule has 0 atom stereocenters. The Labute approximate surface area is 67.2 Å². The first kappa shape index (κ1) is 8.14. The van der Waals surface area contributed by atoms with Gasteiger partial charge >= 0.3 is 0 Å². The smallest absolute Gasteiger partial charge is 0.0763 e. The molecule has 0 saturated heterocycles. The van der Waals surface area contributed by atoms with Gasteiger partial charge in [-0.2, -0.15) is 0 Å². The molecule has 7 heavy (non-hydrogen) atoms. The van der Waals surface area contributed by atoms with Crippen molar-refractivity contribution >= 4 is 47.8 Å².